The lowest BCUT2D eigenvalue weighted by atomic mass is 10.1. The number of hydrogen-bond acceptors (Lipinski definition) is 2. The first-order chi connectivity index (χ1) is 9.48. The Labute approximate surface area is 113 Å². The highest BCUT2D eigenvalue weighted by Crippen LogP contribution is 2.32. The zero-order chi connectivity index (χ0) is 14.6. The highest BCUT2D eigenvalue weighted by atomic mass is 19.4. The Morgan fingerprint density at radius 2 is 1.85 bits per heavy atom. The summed E-state index contributed by atoms with van der Waals surface area (Å²) >= 11 is 0. The molecule has 0 unspecified atom stereocenters. The molecule has 2 nitrogen and oxygen atoms in total. The van der Waals surface area contributed by atoms with E-state index in [-0.39, 0.29) is 5.56 Å². The molecule has 1 heterocycles. The van der Waals surface area contributed by atoms with Crippen LogP contribution in [0.15, 0.2) is 54.9 Å². The monoisotopic (exact) mass is 277 g/mol. The van der Waals surface area contributed by atoms with Crippen LogP contribution in [-0.4, -0.2) is 10.8 Å². The van der Waals surface area contributed by atoms with Crippen LogP contribution in [0.3, 0.4) is 0 Å². The van der Waals surface area contributed by atoms with Crippen molar-refractivity contribution in [3.8, 4) is 0 Å². The van der Waals surface area contributed by atoms with E-state index in [0.717, 1.165) is 18.2 Å². The van der Waals surface area contributed by atoms with Crippen molar-refractivity contribution >= 4 is 11.9 Å². The van der Waals surface area contributed by atoms with Crippen molar-refractivity contribution in [1.29, 1.82) is 0 Å². The number of benzene rings is 1. The molecule has 0 saturated carbocycles. The number of rotatable bonds is 3. The minimum Gasteiger partial charge on any atom is -0.289 e. The molecule has 0 radical (unpaired) electrons. The molecule has 102 valence electrons. The molecule has 0 N–H and O–H groups in total. The summed E-state index contributed by atoms with van der Waals surface area (Å²) in [5, 5.41) is 0. The average Bonchev–Trinajstić information content (AvgIpc) is 2.45. The Balaban J connectivity index is 2.27. The highest BCUT2D eigenvalue weighted by molar-refractivity contribution is 6.06. The molecule has 2 aromatic rings. The standard InChI is InChI=1S/C15H10F3NO/c16-15(17,18)13-6-2-1-4-11(13)7-8-14(20)12-5-3-9-19-10-12/h1-10H. The number of carbonyl (C=O) groups is 1. The number of aromatic nitrogens is 1. The molecule has 0 fully saturated rings. The molecule has 0 saturated heterocycles. The van der Waals surface area contributed by atoms with Gasteiger partial charge in [0, 0.05) is 18.0 Å². The Hall–Kier alpha value is -2.43. The maximum Gasteiger partial charge on any atom is 0.416 e. The summed E-state index contributed by atoms with van der Waals surface area (Å²) in [4.78, 5) is 15.6. The third-order valence-electron chi connectivity index (χ3n) is 2.63. The summed E-state index contributed by atoms with van der Waals surface area (Å²) in [6.07, 6.45) is 0.708. The number of nitrogens with zero attached hydrogens (tertiary/aromatic N) is 1. The first-order valence-electron chi connectivity index (χ1n) is 5.77. The van der Waals surface area contributed by atoms with Gasteiger partial charge in [-0.1, -0.05) is 24.3 Å². The number of allylic oxidation sites excluding steroid dienone is 1. The largest absolute Gasteiger partial charge is 0.416 e. The van der Waals surface area contributed by atoms with Gasteiger partial charge in [0.2, 0.25) is 0 Å². The molecular weight excluding hydrogens is 267 g/mol. The summed E-state index contributed by atoms with van der Waals surface area (Å²) in [5.74, 6) is -0.393. The predicted molar refractivity (Wildman–Crippen MR) is 69.0 cm³/mol. The normalized spacial score (nSPS) is 11.8. The molecule has 5 heteroatoms. The van der Waals surface area contributed by atoms with Gasteiger partial charge in [-0.15, -0.1) is 0 Å². The first-order valence-corrected chi connectivity index (χ1v) is 5.77. The molecular formula is C15H10F3NO. The van der Waals surface area contributed by atoms with E-state index in [4.69, 9.17) is 0 Å². The van der Waals surface area contributed by atoms with Gasteiger partial charge in [-0.05, 0) is 29.8 Å². The minimum atomic E-state index is -4.45. The number of hydrogen-bond donors (Lipinski definition) is 0. The van der Waals surface area contributed by atoms with Crippen molar-refractivity contribution in [3.05, 3.63) is 71.6 Å². The van der Waals surface area contributed by atoms with Crippen molar-refractivity contribution in [2.75, 3.05) is 0 Å². The van der Waals surface area contributed by atoms with Gasteiger partial charge in [0.15, 0.2) is 5.78 Å². The number of alkyl halides is 3. The van der Waals surface area contributed by atoms with Crippen molar-refractivity contribution in [1.82, 2.24) is 4.98 Å². The molecule has 0 bridgehead atoms. The summed E-state index contributed by atoms with van der Waals surface area (Å²) in [5.41, 5.74) is -0.485. The van der Waals surface area contributed by atoms with Crippen molar-refractivity contribution in [2.24, 2.45) is 0 Å². The minimum absolute atomic E-state index is 0.0442. The zero-order valence-electron chi connectivity index (χ0n) is 10.3. The average molecular weight is 277 g/mol. The van der Waals surface area contributed by atoms with Gasteiger partial charge >= 0.3 is 6.18 Å². The van der Waals surface area contributed by atoms with E-state index < -0.39 is 17.5 Å². The maximum absolute atomic E-state index is 12.8. The van der Waals surface area contributed by atoms with E-state index in [1.165, 1.54) is 30.6 Å². The van der Waals surface area contributed by atoms with Crippen LogP contribution in [-0.2, 0) is 6.18 Å². The molecule has 0 aliphatic rings. The molecule has 0 aliphatic heterocycles. The van der Waals surface area contributed by atoms with Crippen LogP contribution in [0.4, 0.5) is 13.2 Å². The van der Waals surface area contributed by atoms with Crippen molar-refractivity contribution in [3.63, 3.8) is 0 Å². The number of carbonyl (C=O) groups excluding carboxylic acids is 1. The second-order valence-electron chi connectivity index (χ2n) is 4.02. The van der Waals surface area contributed by atoms with E-state index >= 15 is 0 Å². The van der Waals surface area contributed by atoms with E-state index in [1.807, 2.05) is 0 Å². The molecule has 20 heavy (non-hydrogen) atoms. The fourth-order valence-electron chi connectivity index (χ4n) is 1.67. The topological polar surface area (TPSA) is 30.0 Å². The quantitative estimate of drug-likeness (QED) is 0.627. The summed E-state index contributed by atoms with van der Waals surface area (Å²) < 4.78 is 38.3. The maximum atomic E-state index is 12.8. The fourth-order valence-corrected chi connectivity index (χ4v) is 1.67. The third kappa shape index (κ3) is 3.32. The fraction of sp³-hybridized carbons (Fsp3) is 0.0667. The highest BCUT2D eigenvalue weighted by Gasteiger charge is 2.32. The zero-order valence-corrected chi connectivity index (χ0v) is 10.3. The lowest BCUT2D eigenvalue weighted by Crippen LogP contribution is -2.07. The van der Waals surface area contributed by atoms with Crippen LogP contribution in [0.2, 0.25) is 0 Å². The first kappa shape index (κ1) is 14.0. The SMILES string of the molecule is O=C(C=Cc1ccccc1C(F)(F)F)c1cccnc1. The molecule has 0 amide bonds. The van der Waals surface area contributed by atoms with Gasteiger partial charge in [0.1, 0.15) is 0 Å². The van der Waals surface area contributed by atoms with Crippen molar-refractivity contribution < 1.29 is 18.0 Å². The molecule has 0 aliphatic carbocycles. The van der Waals surface area contributed by atoms with Crippen LogP contribution < -0.4 is 0 Å². The Morgan fingerprint density at radius 3 is 2.50 bits per heavy atom. The lowest BCUT2D eigenvalue weighted by Gasteiger charge is -2.09. The van der Waals surface area contributed by atoms with Crippen LogP contribution in [0.5, 0.6) is 0 Å². The Kier molecular flexibility index (Phi) is 3.98. The summed E-state index contributed by atoms with van der Waals surface area (Å²) in [6.45, 7) is 0. The van der Waals surface area contributed by atoms with Gasteiger partial charge < -0.3 is 0 Å². The van der Waals surface area contributed by atoms with E-state index in [9.17, 15) is 18.0 Å². The van der Waals surface area contributed by atoms with Gasteiger partial charge in [0.25, 0.3) is 0 Å². The van der Waals surface area contributed by atoms with Crippen LogP contribution >= 0.6 is 0 Å². The Bertz CT molecular complexity index is 633. The molecule has 1 aromatic heterocycles. The lowest BCUT2D eigenvalue weighted by molar-refractivity contribution is -0.137. The number of halogens is 3. The van der Waals surface area contributed by atoms with Gasteiger partial charge in [-0.3, -0.25) is 9.78 Å². The molecule has 0 atom stereocenters. The van der Waals surface area contributed by atoms with E-state index in [2.05, 4.69) is 4.98 Å². The molecule has 1 aromatic carbocycles. The Morgan fingerprint density at radius 1 is 1.10 bits per heavy atom. The summed E-state index contributed by atoms with van der Waals surface area (Å²) in [7, 11) is 0. The van der Waals surface area contributed by atoms with Gasteiger partial charge in [-0.25, -0.2) is 0 Å². The second-order valence-corrected chi connectivity index (χ2v) is 4.02. The number of ketones is 1. The third-order valence-corrected chi connectivity index (χ3v) is 2.63. The molecule has 2 rings (SSSR count). The molecule has 0 spiro atoms. The van der Waals surface area contributed by atoms with Crippen LogP contribution in [0, 0.1) is 0 Å². The summed E-state index contributed by atoms with van der Waals surface area (Å²) in [6, 6.07) is 8.23. The smallest absolute Gasteiger partial charge is 0.289 e. The number of pyridine rings is 1. The second kappa shape index (κ2) is 5.69. The van der Waals surface area contributed by atoms with Crippen molar-refractivity contribution in [2.45, 2.75) is 6.18 Å². The van der Waals surface area contributed by atoms with Gasteiger partial charge in [0.05, 0.1) is 5.56 Å². The van der Waals surface area contributed by atoms with Crippen LogP contribution in [0.1, 0.15) is 21.5 Å². The van der Waals surface area contributed by atoms with Gasteiger partial charge in [-0.2, -0.15) is 13.2 Å². The van der Waals surface area contributed by atoms with E-state index in [0.29, 0.717) is 5.56 Å². The van der Waals surface area contributed by atoms with E-state index in [1.54, 1.807) is 12.1 Å². The van der Waals surface area contributed by atoms with Crippen LogP contribution in [0.25, 0.3) is 6.08 Å². The predicted octanol–water partition coefficient (Wildman–Crippen LogP) is 4.00.